The SMILES string of the molecule is CC(=O)NCC1CCN(c2ccc(C(N)=S)c(C)c2)CC1. The van der Waals surface area contributed by atoms with Crippen LogP contribution in [0.1, 0.15) is 30.9 Å². The Kier molecular flexibility index (Phi) is 5.17. The third-order valence-corrected chi connectivity index (χ3v) is 4.31. The molecule has 1 fully saturated rings. The second-order valence-corrected chi connectivity index (χ2v) is 6.17. The Morgan fingerprint density at radius 1 is 1.43 bits per heavy atom. The van der Waals surface area contributed by atoms with Gasteiger partial charge in [-0.15, -0.1) is 0 Å². The van der Waals surface area contributed by atoms with Gasteiger partial charge in [0, 0.05) is 37.8 Å². The van der Waals surface area contributed by atoms with Gasteiger partial charge in [-0.1, -0.05) is 12.2 Å². The van der Waals surface area contributed by atoms with Gasteiger partial charge in [-0.05, 0) is 49.4 Å². The van der Waals surface area contributed by atoms with Crippen molar-refractivity contribution in [2.45, 2.75) is 26.7 Å². The van der Waals surface area contributed by atoms with Gasteiger partial charge in [0.05, 0.1) is 0 Å². The highest BCUT2D eigenvalue weighted by atomic mass is 32.1. The van der Waals surface area contributed by atoms with E-state index in [4.69, 9.17) is 18.0 Å². The van der Waals surface area contributed by atoms with Crippen LogP contribution in [0.25, 0.3) is 0 Å². The van der Waals surface area contributed by atoms with Crippen molar-refractivity contribution in [3.8, 4) is 0 Å². The molecule has 0 unspecified atom stereocenters. The van der Waals surface area contributed by atoms with Gasteiger partial charge in [0.2, 0.25) is 5.91 Å². The van der Waals surface area contributed by atoms with Gasteiger partial charge in [-0.2, -0.15) is 0 Å². The molecule has 0 saturated carbocycles. The van der Waals surface area contributed by atoms with Gasteiger partial charge >= 0.3 is 0 Å². The van der Waals surface area contributed by atoms with Crippen molar-refractivity contribution in [3.63, 3.8) is 0 Å². The van der Waals surface area contributed by atoms with Crippen LogP contribution in [0.15, 0.2) is 18.2 Å². The molecule has 4 nitrogen and oxygen atoms in total. The number of nitrogens with one attached hydrogen (secondary N) is 1. The first-order valence-electron chi connectivity index (χ1n) is 7.37. The fourth-order valence-corrected chi connectivity index (χ4v) is 3.03. The molecular weight excluding hydrogens is 282 g/mol. The molecule has 1 aliphatic heterocycles. The molecule has 3 N–H and O–H groups in total. The van der Waals surface area contributed by atoms with E-state index < -0.39 is 0 Å². The molecule has 114 valence electrons. The van der Waals surface area contributed by atoms with Gasteiger partial charge in [0.15, 0.2) is 0 Å². The van der Waals surface area contributed by atoms with Crippen molar-refractivity contribution in [1.29, 1.82) is 0 Å². The first-order chi connectivity index (χ1) is 9.97. The number of hydrogen-bond donors (Lipinski definition) is 2. The first kappa shape index (κ1) is 15.8. The van der Waals surface area contributed by atoms with Crippen LogP contribution in [0.2, 0.25) is 0 Å². The molecular formula is C16H23N3OS. The van der Waals surface area contributed by atoms with Crippen LogP contribution in [0, 0.1) is 12.8 Å². The summed E-state index contributed by atoms with van der Waals surface area (Å²) in [5, 5.41) is 2.91. The highest BCUT2D eigenvalue weighted by molar-refractivity contribution is 7.80. The second-order valence-electron chi connectivity index (χ2n) is 5.73. The number of nitrogens with zero attached hydrogens (tertiary/aromatic N) is 1. The largest absolute Gasteiger partial charge is 0.389 e. The van der Waals surface area contributed by atoms with E-state index in [2.05, 4.69) is 22.3 Å². The minimum absolute atomic E-state index is 0.0568. The molecule has 0 atom stereocenters. The summed E-state index contributed by atoms with van der Waals surface area (Å²) in [7, 11) is 0. The number of carbonyl (C=O) groups is 1. The lowest BCUT2D eigenvalue weighted by atomic mass is 9.96. The Hall–Kier alpha value is -1.62. The van der Waals surface area contributed by atoms with Crippen molar-refractivity contribution in [3.05, 3.63) is 29.3 Å². The molecule has 1 aromatic rings. The normalized spacial score (nSPS) is 15.8. The Morgan fingerprint density at radius 3 is 2.62 bits per heavy atom. The summed E-state index contributed by atoms with van der Waals surface area (Å²) in [4.78, 5) is 13.8. The highest BCUT2D eigenvalue weighted by Gasteiger charge is 2.20. The lowest BCUT2D eigenvalue weighted by Crippen LogP contribution is -2.38. The minimum Gasteiger partial charge on any atom is -0.389 e. The van der Waals surface area contributed by atoms with Gasteiger partial charge in [0.25, 0.3) is 0 Å². The van der Waals surface area contributed by atoms with Crippen molar-refractivity contribution in [1.82, 2.24) is 5.32 Å². The average molecular weight is 305 g/mol. The standard InChI is InChI=1S/C16H23N3OS/c1-11-9-14(3-4-15(11)16(17)21)19-7-5-13(6-8-19)10-18-12(2)20/h3-4,9,13H,5-8,10H2,1-2H3,(H2,17,21)(H,18,20). The minimum atomic E-state index is 0.0568. The Bertz CT molecular complexity index is 536. The zero-order chi connectivity index (χ0) is 15.4. The topological polar surface area (TPSA) is 58.4 Å². The predicted octanol–water partition coefficient (Wildman–Crippen LogP) is 1.98. The second kappa shape index (κ2) is 6.89. The Morgan fingerprint density at radius 2 is 2.10 bits per heavy atom. The van der Waals surface area contributed by atoms with Gasteiger partial charge in [0.1, 0.15) is 4.99 Å². The number of carbonyl (C=O) groups excluding carboxylic acids is 1. The maximum atomic E-state index is 11.0. The van der Waals surface area contributed by atoms with E-state index >= 15 is 0 Å². The third-order valence-electron chi connectivity index (χ3n) is 4.09. The predicted molar refractivity (Wildman–Crippen MR) is 90.7 cm³/mol. The van der Waals surface area contributed by atoms with Crippen LogP contribution in [-0.2, 0) is 4.79 Å². The fraction of sp³-hybridized carbons (Fsp3) is 0.500. The number of thiocarbonyl (C=S) groups is 1. The summed E-state index contributed by atoms with van der Waals surface area (Å²) in [6, 6.07) is 6.26. The number of piperidine rings is 1. The summed E-state index contributed by atoms with van der Waals surface area (Å²) in [6.07, 6.45) is 2.22. The highest BCUT2D eigenvalue weighted by Crippen LogP contribution is 2.25. The molecule has 1 saturated heterocycles. The van der Waals surface area contributed by atoms with Gasteiger partial charge in [-0.3, -0.25) is 4.79 Å². The van der Waals surface area contributed by atoms with Crippen LogP contribution < -0.4 is 16.0 Å². The summed E-state index contributed by atoms with van der Waals surface area (Å²) in [5.74, 6) is 0.642. The number of rotatable bonds is 4. The summed E-state index contributed by atoms with van der Waals surface area (Å²) in [5.41, 5.74) is 9.01. The van der Waals surface area contributed by atoms with Crippen LogP contribution in [0.4, 0.5) is 5.69 Å². The van der Waals surface area contributed by atoms with E-state index in [0.717, 1.165) is 43.6 Å². The Balaban J connectivity index is 1.94. The van der Waals surface area contributed by atoms with E-state index in [9.17, 15) is 4.79 Å². The number of nitrogens with two attached hydrogens (primary N) is 1. The number of anilines is 1. The summed E-state index contributed by atoms with van der Waals surface area (Å²) < 4.78 is 0. The van der Waals surface area contributed by atoms with Crippen LogP contribution in [0.5, 0.6) is 0 Å². The molecule has 1 heterocycles. The molecule has 0 spiro atoms. The lowest BCUT2D eigenvalue weighted by molar-refractivity contribution is -0.119. The molecule has 1 aliphatic rings. The summed E-state index contributed by atoms with van der Waals surface area (Å²) in [6.45, 7) is 6.46. The molecule has 0 radical (unpaired) electrons. The average Bonchev–Trinajstić information content (AvgIpc) is 2.45. The van der Waals surface area contributed by atoms with E-state index in [0.29, 0.717) is 10.9 Å². The van der Waals surface area contributed by atoms with E-state index in [1.165, 1.54) is 5.69 Å². The van der Waals surface area contributed by atoms with E-state index in [1.54, 1.807) is 6.92 Å². The van der Waals surface area contributed by atoms with Crippen molar-refractivity contribution < 1.29 is 4.79 Å². The van der Waals surface area contributed by atoms with Gasteiger partial charge < -0.3 is 16.0 Å². The zero-order valence-electron chi connectivity index (χ0n) is 12.7. The molecule has 2 rings (SSSR count). The molecule has 0 bridgehead atoms. The molecule has 0 aromatic heterocycles. The van der Waals surface area contributed by atoms with E-state index in [-0.39, 0.29) is 5.91 Å². The molecule has 21 heavy (non-hydrogen) atoms. The number of amides is 1. The fourth-order valence-electron chi connectivity index (χ4n) is 2.80. The maximum absolute atomic E-state index is 11.0. The van der Waals surface area contributed by atoms with Crippen LogP contribution in [-0.4, -0.2) is 30.5 Å². The monoisotopic (exact) mass is 305 g/mol. The van der Waals surface area contributed by atoms with Crippen molar-refractivity contribution in [2.24, 2.45) is 11.7 Å². The zero-order valence-corrected chi connectivity index (χ0v) is 13.5. The molecule has 1 aromatic carbocycles. The van der Waals surface area contributed by atoms with Crippen molar-refractivity contribution in [2.75, 3.05) is 24.5 Å². The molecule has 0 aliphatic carbocycles. The summed E-state index contributed by atoms with van der Waals surface area (Å²) >= 11 is 5.04. The number of benzene rings is 1. The molecule has 1 amide bonds. The third kappa shape index (κ3) is 4.17. The first-order valence-corrected chi connectivity index (χ1v) is 7.78. The smallest absolute Gasteiger partial charge is 0.216 e. The Labute approximate surface area is 131 Å². The molecule has 5 heteroatoms. The number of hydrogen-bond acceptors (Lipinski definition) is 3. The van der Waals surface area contributed by atoms with Crippen LogP contribution in [0.3, 0.4) is 0 Å². The van der Waals surface area contributed by atoms with Gasteiger partial charge in [-0.25, -0.2) is 0 Å². The lowest BCUT2D eigenvalue weighted by Gasteiger charge is -2.34. The quantitative estimate of drug-likeness (QED) is 0.835. The number of aryl methyl sites for hydroxylation is 1. The van der Waals surface area contributed by atoms with Crippen LogP contribution >= 0.6 is 12.2 Å². The maximum Gasteiger partial charge on any atom is 0.216 e. The van der Waals surface area contributed by atoms with Crippen molar-refractivity contribution >= 4 is 28.8 Å². The van der Waals surface area contributed by atoms with E-state index in [1.807, 2.05) is 13.0 Å².